The van der Waals surface area contributed by atoms with E-state index in [9.17, 15) is 0 Å². The van der Waals surface area contributed by atoms with Crippen LogP contribution in [0, 0.1) is 34.5 Å². The first-order valence-corrected chi connectivity index (χ1v) is 8.10. The minimum absolute atomic E-state index is 0.491. The smallest absolute Gasteiger partial charge is 0.0246 e. The molecule has 4 aliphatic carbocycles. The van der Waals surface area contributed by atoms with Crippen molar-refractivity contribution in [2.45, 2.75) is 71.8 Å². The number of rotatable bonds is 4. The molecule has 0 spiro atoms. The van der Waals surface area contributed by atoms with Crippen LogP contribution < -0.4 is 5.32 Å². The lowest BCUT2D eigenvalue weighted by Crippen LogP contribution is -2.61. The van der Waals surface area contributed by atoms with Crippen molar-refractivity contribution in [1.29, 1.82) is 0 Å². The third-order valence-corrected chi connectivity index (χ3v) is 6.18. The standard InChI is InChI=1S/C18H29N/c1-5-7-15(19-6-2)18-10-14-8-16(3,12-18)11-17(4,9-14)13-18/h1,14-15,19H,6-13H2,2-4H3. The second kappa shape index (κ2) is 4.26. The van der Waals surface area contributed by atoms with Gasteiger partial charge < -0.3 is 5.32 Å². The predicted molar refractivity (Wildman–Crippen MR) is 80.8 cm³/mol. The van der Waals surface area contributed by atoms with Crippen molar-refractivity contribution in [3.05, 3.63) is 0 Å². The molecule has 3 atom stereocenters. The maximum absolute atomic E-state index is 5.65. The molecule has 1 heteroatoms. The molecule has 1 N–H and O–H groups in total. The third-order valence-electron chi connectivity index (χ3n) is 6.18. The van der Waals surface area contributed by atoms with Gasteiger partial charge in [-0.3, -0.25) is 0 Å². The summed E-state index contributed by atoms with van der Waals surface area (Å²) in [6, 6.07) is 0.546. The molecule has 1 nitrogen and oxygen atoms in total. The van der Waals surface area contributed by atoms with Gasteiger partial charge in [0.15, 0.2) is 0 Å². The quantitative estimate of drug-likeness (QED) is 0.753. The first-order valence-electron chi connectivity index (χ1n) is 8.10. The molecule has 0 aromatic heterocycles. The summed E-state index contributed by atoms with van der Waals surface area (Å²) in [5.74, 6) is 3.90. The van der Waals surface area contributed by atoms with Gasteiger partial charge in [0, 0.05) is 12.5 Å². The van der Waals surface area contributed by atoms with Crippen LogP contribution in [-0.2, 0) is 0 Å². The Bertz CT molecular complexity index is 386. The van der Waals surface area contributed by atoms with Crippen molar-refractivity contribution < 1.29 is 0 Å². The minimum atomic E-state index is 0.491. The molecular weight excluding hydrogens is 230 g/mol. The lowest BCUT2D eigenvalue weighted by atomic mass is 9.39. The van der Waals surface area contributed by atoms with Gasteiger partial charge in [0.1, 0.15) is 0 Å². The van der Waals surface area contributed by atoms with E-state index < -0.39 is 0 Å². The van der Waals surface area contributed by atoms with Crippen LogP contribution in [0.25, 0.3) is 0 Å². The molecule has 4 fully saturated rings. The van der Waals surface area contributed by atoms with Gasteiger partial charge in [-0.1, -0.05) is 20.8 Å². The zero-order valence-electron chi connectivity index (χ0n) is 12.9. The fraction of sp³-hybridized carbons (Fsp3) is 0.889. The molecule has 0 aromatic rings. The van der Waals surface area contributed by atoms with Crippen LogP contribution in [0.4, 0.5) is 0 Å². The van der Waals surface area contributed by atoms with Crippen LogP contribution in [0.2, 0.25) is 0 Å². The molecule has 0 heterocycles. The molecule has 3 unspecified atom stereocenters. The van der Waals surface area contributed by atoms with Crippen molar-refractivity contribution in [3.63, 3.8) is 0 Å². The average molecular weight is 259 g/mol. The molecule has 4 saturated carbocycles. The molecule has 0 saturated heterocycles. The van der Waals surface area contributed by atoms with Gasteiger partial charge in [0.05, 0.1) is 0 Å². The van der Waals surface area contributed by atoms with Crippen LogP contribution in [0.1, 0.15) is 65.7 Å². The monoisotopic (exact) mass is 259 g/mol. The van der Waals surface area contributed by atoms with Gasteiger partial charge in [-0.15, -0.1) is 12.3 Å². The molecule has 4 rings (SSSR count). The molecule has 4 bridgehead atoms. The van der Waals surface area contributed by atoms with Gasteiger partial charge in [-0.25, -0.2) is 0 Å². The van der Waals surface area contributed by atoms with Crippen molar-refractivity contribution in [2.24, 2.45) is 22.2 Å². The lowest BCUT2D eigenvalue weighted by Gasteiger charge is -2.67. The van der Waals surface area contributed by atoms with E-state index in [0.29, 0.717) is 22.3 Å². The molecule has 0 amide bonds. The Morgan fingerprint density at radius 1 is 1.16 bits per heavy atom. The van der Waals surface area contributed by atoms with Crippen molar-refractivity contribution >= 4 is 0 Å². The van der Waals surface area contributed by atoms with E-state index >= 15 is 0 Å². The Balaban J connectivity index is 1.93. The molecule has 4 aliphatic rings. The Labute approximate surface area is 118 Å². The van der Waals surface area contributed by atoms with E-state index in [1.54, 1.807) is 0 Å². The number of hydrogen-bond donors (Lipinski definition) is 1. The van der Waals surface area contributed by atoms with Crippen LogP contribution in [0.3, 0.4) is 0 Å². The van der Waals surface area contributed by atoms with E-state index in [0.717, 1.165) is 18.9 Å². The van der Waals surface area contributed by atoms with Crippen LogP contribution >= 0.6 is 0 Å². The maximum Gasteiger partial charge on any atom is 0.0246 e. The number of terminal acetylenes is 1. The van der Waals surface area contributed by atoms with Crippen LogP contribution in [0.5, 0.6) is 0 Å². The Morgan fingerprint density at radius 3 is 2.26 bits per heavy atom. The Morgan fingerprint density at radius 2 is 1.79 bits per heavy atom. The van der Waals surface area contributed by atoms with Gasteiger partial charge in [-0.05, 0) is 67.2 Å². The topological polar surface area (TPSA) is 12.0 Å². The van der Waals surface area contributed by atoms with Crippen molar-refractivity contribution in [3.8, 4) is 12.3 Å². The fourth-order valence-electron chi connectivity index (χ4n) is 6.79. The highest BCUT2D eigenvalue weighted by Gasteiger charge is 2.61. The highest BCUT2D eigenvalue weighted by atomic mass is 14.9. The lowest BCUT2D eigenvalue weighted by molar-refractivity contribution is -0.157. The SMILES string of the molecule is C#CCC(NCC)C12CC3CC(C)(CC(C)(C3)C1)C2. The van der Waals surface area contributed by atoms with Crippen LogP contribution in [-0.4, -0.2) is 12.6 Å². The molecule has 0 radical (unpaired) electrons. The van der Waals surface area contributed by atoms with E-state index in [4.69, 9.17) is 6.42 Å². The largest absolute Gasteiger partial charge is 0.313 e. The first-order chi connectivity index (χ1) is 8.93. The summed E-state index contributed by atoms with van der Waals surface area (Å²) < 4.78 is 0. The first kappa shape index (κ1) is 13.5. The number of hydrogen-bond acceptors (Lipinski definition) is 1. The summed E-state index contributed by atoms with van der Waals surface area (Å²) in [5, 5.41) is 3.73. The zero-order chi connectivity index (χ0) is 13.7. The molecule has 19 heavy (non-hydrogen) atoms. The highest BCUT2D eigenvalue weighted by molar-refractivity contribution is 5.14. The molecule has 0 aliphatic heterocycles. The Hall–Kier alpha value is -0.480. The minimum Gasteiger partial charge on any atom is -0.313 e. The van der Waals surface area contributed by atoms with Gasteiger partial charge >= 0.3 is 0 Å². The van der Waals surface area contributed by atoms with Gasteiger partial charge in [-0.2, -0.15) is 0 Å². The van der Waals surface area contributed by atoms with E-state index in [1.165, 1.54) is 38.5 Å². The molecule has 0 aromatic carbocycles. The van der Waals surface area contributed by atoms with Crippen LogP contribution in [0.15, 0.2) is 0 Å². The highest BCUT2D eigenvalue weighted by Crippen LogP contribution is 2.70. The third kappa shape index (κ3) is 2.13. The zero-order valence-corrected chi connectivity index (χ0v) is 12.9. The normalized spacial score (nSPS) is 49.1. The second-order valence-electron chi connectivity index (χ2n) is 8.51. The molecular formula is C18H29N. The summed E-state index contributed by atoms with van der Waals surface area (Å²) in [5.41, 5.74) is 1.68. The van der Waals surface area contributed by atoms with E-state index in [-0.39, 0.29) is 0 Å². The summed E-state index contributed by atoms with van der Waals surface area (Å²) in [7, 11) is 0. The summed E-state index contributed by atoms with van der Waals surface area (Å²) >= 11 is 0. The van der Waals surface area contributed by atoms with Gasteiger partial charge in [0.25, 0.3) is 0 Å². The average Bonchev–Trinajstić information content (AvgIpc) is 2.23. The number of nitrogens with one attached hydrogen (secondary N) is 1. The molecule has 106 valence electrons. The predicted octanol–water partition coefficient (Wildman–Crippen LogP) is 3.98. The van der Waals surface area contributed by atoms with Gasteiger partial charge in [0.2, 0.25) is 0 Å². The summed E-state index contributed by atoms with van der Waals surface area (Å²) in [4.78, 5) is 0. The van der Waals surface area contributed by atoms with Crippen molar-refractivity contribution in [1.82, 2.24) is 5.32 Å². The fourth-order valence-corrected chi connectivity index (χ4v) is 6.79. The van der Waals surface area contributed by atoms with Crippen molar-refractivity contribution in [2.75, 3.05) is 6.54 Å². The second-order valence-corrected chi connectivity index (χ2v) is 8.51. The van der Waals surface area contributed by atoms with E-state index in [1.807, 2.05) is 0 Å². The maximum atomic E-state index is 5.65. The van der Waals surface area contributed by atoms with E-state index in [2.05, 4.69) is 32.0 Å². The summed E-state index contributed by atoms with van der Waals surface area (Å²) in [6.45, 7) is 8.35. The Kier molecular flexibility index (Phi) is 3.02. The summed E-state index contributed by atoms with van der Waals surface area (Å²) in [6.07, 6.45) is 15.2.